The van der Waals surface area contributed by atoms with Gasteiger partial charge in [-0.05, 0) is 85.1 Å². The van der Waals surface area contributed by atoms with E-state index in [2.05, 4.69) is 49.3 Å². The zero-order valence-electron chi connectivity index (χ0n) is 35.8. The minimum Gasteiger partial charge on any atom is -0.456 e. The molecule has 0 saturated carbocycles. The molecule has 3 aromatic carbocycles. The normalized spacial score (nSPS) is 16.1. The number of rotatable bonds is 11. The first-order chi connectivity index (χ1) is 30.1. The van der Waals surface area contributed by atoms with Gasteiger partial charge in [0.05, 0.1) is 50.0 Å². The molecule has 2 saturated heterocycles. The molecule has 5 aromatic rings. The number of methoxy groups -OCH3 is 2. The van der Waals surface area contributed by atoms with Gasteiger partial charge in [-0.3, -0.25) is 9.59 Å². The van der Waals surface area contributed by atoms with Crippen molar-refractivity contribution in [3.63, 3.8) is 0 Å². The van der Waals surface area contributed by atoms with Crippen molar-refractivity contribution < 1.29 is 33.4 Å². The van der Waals surface area contributed by atoms with Gasteiger partial charge in [0.2, 0.25) is 5.91 Å². The summed E-state index contributed by atoms with van der Waals surface area (Å²) in [6.45, 7) is 4.82. The molecule has 2 aromatic heterocycles. The standard InChI is InChI=1S/C47H48N8O7.2ClH/c1-30(2)40(52-46(58)60-3)44(56)54-25-14-22-38(54)43-49-29-36(51-43)33-24-23-31(39(27-33)62-35-19-9-6-10-20-35)15-11-12-18-34-28-48-42(50-34)37-21-13-26-55(37)45(57)41(53-47(59)61-4)32-16-7-5-8-17-32;;/h5-10,16-17,19-20,23-24,27-30,37-38,40-41H,13-14,21-22,25-26H2,1-4H3,(H,48,50)(H,49,51)(H,52,58)(H,53,59);2*1H/t37?,38?,40-,41?;;/m0../s1. The van der Waals surface area contributed by atoms with Crippen LogP contribution < -0.4 is 15.4 Å². The van der Waals surface area contributed by atoms with Gasteiger partial charge < -0.3 is 44.6 Å². The number of aromatic amines is 2. The molecule has 7 rings (SSSR count). The van der Waals surface area contributed by atoms with Gasteiger partial charge in [-0.1, -0.05) is 68.4 Å². The number of imidazole rings is 2. The molecular formula is C47H50Cl2N8O7. The van der Waals surface area contributed by atoms with E-state index < -0.39 is 24.3 Å². The van der Waals surface area contributed by atoms with Gasteiger partial charge in [0, 0.05) is 18.7 Å². The fraction of sp³-hybridized carbons (Fsp3) is 0.319. The molecule has 2 aliphatic rings. The minimum absolute atomic E-state index is 0. The number of ether oxygens (including phenoxy) is 3. The molecule has 4 heterocycles. The van der Waals surface area contributed by atoms with E-state index in [0.29, 0.717) is 59.5 Å². The summed E-state index contributed by atoms with van der Waals surface area (Å²) in [5.74, 6) is 13.8. The quantitative estimate of drug-likeness (QED) is 0.0968. The summed E-state index contributed by atoms with van der Waals surface area (Å²) < 4.78 is 15.9. The first-order valence-electron chi connectivity index (χ1n) is 20.5. The Hall–Kier alpha value is -6.94. The largest absolute Gasteiger partial charge is 0.456 e. The molecule has 4 amide bonds. The van der Waals surface area contributed by atoms with Crippen molar-refractivity contribution in [1.29, 1.82) is 0 Å². The Morgan fingerprint density at radius 2 is 1.33 bits per heavy atom. The zero-order valence-corrected chi connectivity index (χ0v) is 37.4. The molecule has 0 aliphatic carbocycles. The number of aromatic nitrogens is 4. The van der Waals surface area contributed by atoms with Gasteiger partial charge >= 0.3 is 12.2 Å². The average Bonchev–Trinajstić information content (AvgIpc) is 4.14. The second-order valence-electron chi connectivity index (χ2n) is 15.2. The van der Waals surface area contributed by atoms with Crippen molar-refractivity contribution in [2.45, 2.75) is 63.7 Å². The van der Waals surface area contributed by atoms with Gasteiger partial charge in [0.1, 0.15) is 40.9 Å². The van der Waals surface area contributed by atoms with Crippen molar-refractivity contribution in [1.82, 2.24) is 40.4 Å². The Bertz CT molecular complexity index is 2530. The van der Waals surface area contributed by atoms with Gasteiger partial charge in [-0.2, -0.15) is 0 Å². The number of alkyl carbamates (subject to hydrolysis) is 2. The summed E-state index contributed by atoms with van der Waals surface area (Å²) in [6.07, 6.45) is 5.00. The molecule has 4 atom stereocenters. The number of amides is 4. The highest BCUT2D eigenvalue weighted by Crippen LogP contribution is 2.35. The molecular weight excluding hydrogens is 859 g/mol. The third-order valence-electron chi connectivity index (χ3n) is 10.8. The molecule has 2 fully saturated rings. The zero-order chi connectivity index (χ0) is 43.6. The lowest BCUT2D eigenvalue weighted by molar-refractivity contribution is -0.135. The molecule has 0 radical (unpaired) electrons. The number of hydrogen-bond acceptors (Lipinski definition) is 9. The summed E-state index contributed by atoms with van der Waals surface area (Å²) in [6, 6.07) is 21.8. The molecule has 17 heteroatoms. The van der Waals surface area contributed by atoms with Crippen LogP contribution in [0.4, 0.5) is 9.59 Å². The fourth-order valence-corrected chi connectivity index (χ4v) is 7.70. The molecule has 4 N–H and O–H groups in total. The van der Waals surface area contributed by atoms with Crippen molar-refractivity contribution in [2.75, 3.05) is 27.3 Å². The number of hydrogen-bond donors (Lipinski definition) is 4. The SMILES string of the molecule is COC(=O)NC(C(=O)N1CCCC1c1ncc(C#CC#Cc2ccc(-c3cnc(C4CCCN4C(=O)[C@@H](NC(=O)OC)C(C)C)[nH]3)cc2Oc2ccccc2)[nH]1)c1ccccc1.Cl.Cl. The molecule has 15 nitrogen and oxygen atoms in total. The van der Waals surface area contributed by atoms with Crippen LogP contribution in [0.1, 0.15) is 86.1 Å². The second-order valence-corrected chi connectivity index (χ2v) is 15.2. The summed E-state index contributed by atoms with van der Waals surface area (Å²) in [4.78, 5) is 71.2. The third kappa shape index (κ3) is 11.4. The average molecular weight is 910 g/mol. The van der Waals surface area contributed by atoms with Crippen LogP contribution in [-0.4, -0.2) is 87.1 Å². The maximum Gasteiger partial charge on any atom is 0.407 e. The molecule has 0 spiro atoms. The maximum absolute atomic E-state index is 13.9. The number of nitrogens with zero attached hydrogens (tertiary/aromatic N) is 4. The van der Waals surface area contributed by atoms with Crippen LogP contribution in [0.5, 0.6) is 11.5 Å². The van der Waals surface area contributed by atoms with E-state index in [1.807, 2.05) is 80.6 Å². The lowest BCUT2D eigenvalue weighted by Gasteiger charge is -2.30. The number of H-pyrrole nitrogens is 2. The molecule has 3 unspecified atom stereocenters. The van der Waals surface area contributed by atoms with Crippen molar-refractivity contribution >= 4 is 48.8 Å². The molecule has 64 heavy (non-hydrogen) atoms. The first-order valence-corrected chi connectivity index (χ1v) is 20.5. The van der Waals surface area contributed by atoms with E-state index in [1.165, 1.54) is 14.2 Å². The lowest BCUT2D eigenvalue weighted by atomic mass is 10.0. The fourth-order valence-electron chi connectivity index (χ4n) is 7.70. The molecule has 0 bridgehead atoms. The number of halogens is 2. The topological polar surface area (TPSA) is 184 Å². The van der Waals surface area contributed by atoms with Crippen LogP contribution in [0.3, 0.4) is 0 Å². The third-order valence-corrected chi connectivity index (χ3v) is 10.8. The highest BCUT2D eigenvalue weighted by molar-refractivity contribution is 5.88. The van der Waals surface area contributed by atoms with E-state index in [-0.39, 0.29) is 54.6 Å². The van der Waals surface area contributed by atoms with Crippen LogP contribution in [0.2, 0.25) is 0 Å². The van der Waals surface area contributed by atoms with Gasteiger partial charge in [-0.25, -0.2) is 19.6 Å². The Morgan fingerprint density at radius 1 is 0.734 bits per heavy atom. The number of carbonyl (C=O) groups excluding carboxylic acids is 4. The summed E-state index contributed by atoms with van der Waals surface area (Å²) in [7, 11) is 2.54. The predicted molar refractivity (Wildman–Crippen MR) is 244 cm³/mol. The van der Waals surface area contributed by atoms with Crippen LogP contribution in [0, 0.1) is 29.6 Å². The summed E-state index contributed by atoms with van der Waals surface area (Å²) in [5.41, 5.74) is 3.33. The number of para-hydroxylation sites is 1. The Balaban J connectivity index is 0.00000385. The molecule has 334 valence electrons. The number of benzene rings is 3. The van der Waals surface area contributed by atoms with E-state index in [4.69, 9.17) is 19.2 Å². The van der Waals surface area contributed by atoms with Crippen LogP contribution >= 0.6 is 24.8 Å². The van der Waals surface area contributed by atoms with Crippen molar-refractivity contribution in [3.05, 3.63) is 120 Å². The number of nitrogens with one attached hydrogen (secondary N) is 4. The highest BCUT2D eigenvalue weighted by Gasteiger charge is 2.38. The number of carbonyl (C=O) groups is 4. The molecule has 2 aliphatic heterocycles. The summed E-state index contributed by atoms with van der Waals surface area (Å²) >= 11 is 0. The summed E-state index contributed by atoms with van der Waals surface area (Å²) in [5, 5.41) is 5.37. The van der Waals surface area contributed by atoms with Crippen LogP contribution in [-0.2, 0) is 19.1 Å². The van der Waals surface area contributed by atoms with Crippen molar-refractivity contribution in [3.8, 4) is 46.4 Å². The van der Waals surface area contributed by atoms with E-state index in [0.717, 1.165) is 30.5 Å². The van der Waals surface area contributed by atoms with Crippen LogP contribution in [0.15, 0.2) is 91.3 Å². The second kappa shape index (κ2) is 22.4. The van der Waals surface area contributed by atoms with Crippen LogP contribution in [0.25, 0.3) is 11.3 Å². The smallest absolute Gasteiger partial charge is 0.407 e. The van der Waals surface area contributed by atoms with E-state index >= 15 is 0 Å². The monoisotopic (exact) mass is 908 g/mol. The highest BCUT2D eigenvalue weighted by atomic mass is 35.5. The predicted octanol–water partition coefficient (Wildman–Crippen LogP) is 7.64. The number of likely N-dealkylation sites (tertiary alicyclic amines) is 2. The minimum atomic E-state index is -0.919. The maximum atomic E-state index is 13.9. The first kappa shape index (κ1) is 48.1. The van der Waals surface area contributed by atoms with E-state index in [1.54, 1.807) is 34.3 Å². The van der Waals surface area contributed by atoms with Gasteiger partial charge in [0.15, 0.2) is 0 Å². The Kier molecular flexibility index (Phi) is 16.9. The van der Waals surface area contributed by atoms with Gasteiger partial charge in [-0.15, -0.1) is 24.8 Å². The van der Waals surface area contributed by atoms with Gasteiger partial charge in [0.25, 0.3) is 5.91 Å². The van der Waals surface area contributed by atoms with E-state index in [9.17, 15) is 19.2 Å². The lowest BCUT2D eigenvalue weighted by Crippen LogP contribution is -2.51. The Morgan fingerprint density at radius 3 is 1.98 bits per heavy atom. The van der Waals surface area contributed by atoms with Crippen molar-refractivity contribution in [2.24, 2.45) is 5.92 Å². The Labute approximate surface area is 384 Å².